The van der Waals surface area contributed by atoms with Crippen LogP contribution in [-0.4, -0.2) is 79.8 Å². The van der Waals surface area contributed by atoms with Crippen molar-refractivity contribution in [1.29, 1.82) is 0 Å². The summed E-state index contributed by atoms with van der Waals surface area (Å²) in [6, 6.07) is 5.44. The Morgan fingerprint density at radius 3 is 1.95 bits per heavy atom. The van der Waals surface area contributed by atoms with Crippen LogP contribution in [0.2, 0.25) is 0 Å². The van der Waals surface area contributed by atoms with E-state index in [2.05, 4.69) is 0 Å². The number of hydrogen-bond donors (Lipinski definition) is 6. The fraction of sp³-hybridized carbons (Fsp3) is 0.333. The van der Waals surface area contributed by atoms with Crippen molar-refractivity contribution in [2.45, 2.75) is 41.0 Å². The van der Waals surface area contributed by atoms with Crippen LogP contribution in [0, 0.1) is 5.92 Å². The third-order valence-electron chi connectivity index (χ3n) is 10.2. The molecule has 0 amide bonds. The van der Waals surface area contributed by atoms with Gasteiger partial charge >= 0.3 is 0 Å². The summed E-state index contributed by atoms with van der Waals surface area (Å²) in [5, 5.41) is 66.2. The Morgan fingerprint density at radius 2 is 1.32 bits per heavy atom. The standard InChI is InChI=1S/C33H28O11/c1-42-29-31(41)11-16-5-23(37)25(39)8-20(16)33(29)12-18(21(35)9-27(33)44-14-31)28-30(40)10-15-4-22(36)24(38)7-19(15)32(28)3-2-17(34)6-26(32)43-13-30/h2-9,12,28-29,36-41H,10-11,13-14H2,1H3/t28-,29-,30-,31-,32-,33-/m1/s1. The molecule has 2 spiro atoms. The number of carbonyl (C=O) groups excluding carboxylic acids is 2. The fourth-order valence-corrected chi connectivity index (χ4v) is 8.63. The van der Waals surface area contributed by atoms with Crippen LogP contribution in [0.4, 0.5) is 0 Å². The Hall–Kier alpha value is -4.58. The van der Waals surface area contributed by atoms with Crippen LogP contribution in [0.1, 0.15) is 22.3 Å². The SMILES string of the molecule is CO[C@@H]1[C@]2(O)COC3=CC(=O)C([C@@H]4[C@]5(O)COC6=CC(=O)C=C[C@@]64c4cc(O)c(O)cc4C5)=C[C@@]31c1cc(O)c(O)cc1C2. The summed E-state index contributed by atoms with van der Waals surface area (Å²) in [4.78, 5) is 26.8. The topological polar surface area (TPSA) is 183 Å². The molecule has 44 heavy (non-hydrogen) atoms. The van der Waals surface area contributed by atoms with Gasteiger partial charge in [0.1, 0.15) is 47.5 Å². The molecule has 6 atom stereocenters. The number of fused-ring (bicyclic) bond motifs is 4. The lowest BCUT2D eigenvalue weighted by Gasteiger charge is -2.59. The first-order chi connectivity index (χ1) is 20.9. The highest BCUT2D eigenvalue weighted by Crippen LogP contribution is 2.62. The summed E-state index contributed by atoms with van der Waals surface area (Å²) in [5.41, 5.74) is -4.27. The normalized spacial score (nSPS) is 35.9. The predicted molar refractivity (Wildman–Crippen MR) is 150 cm³/mol. The monoisotopic (exact) mass is 600 g/mol. The third kappa shape index (κ3) is 3.11. The Bertz CT molecular complexity index is 1850. The van der Waals surface area contributed by atoms with Gasteiger partial charge in [0.25, 0.3) is 0 Å². The molecule has 6 aliphatic rings. The number of aromatic hydroxyl groups is 4. The number of ketones is 2. The van der Waals surface area contributed by atoms with E-state index in [4.69, 9.17) is 14.2 Å². The number of phenols is 4. The van der Waals surface area contributed by atoms with Crippen molar-refractivity contribution in [3.05, 3.63) is 94.0 Å². The van der Waals surface area contributed by atoms with Crippen molar-refractivity contribution < 1.29 is 54.4 Å². The highest BCUT2D eigenvalue weighted by molar-refractivity contribution is 6.08. The molecule has 2 aliphatic heterocycles. The predicted octanol–water partition coefficient (Wildman–Crippen LogP) is 1.37. The highest BCUT2D eigenvalue weighted by Gasteiger charge is 2.67. The minimum atomic E-state index is -1.75. The van der Waals surface area contributed by atoms with E-state index in [1.54, 1.807) is 12.2 Å². The molecular weight excluding hydrogens is 572 g/mol. The molecule has 0 saturated carbocycles. The van der Waals surface area contributed by atoms with Gasteiger partial charge in [-0.05, 0) is 52.6 Å². The summed E-state index contributed by atoms with van der Waals surface area (Å²) in [6.07, 6.45) is 6.01. The summed E-state index contributed by atoms with van der Waals surface area (Å²) >= 11 is 0. The largest absolute Gasteiger partial charge is 0.504 e. The molecule has 2 saturated heterocycles. The molecule has 8 rings (SSSR count). The highest BCUT2D eigenvalue weighted by atomic mass is 16.5. The minimum absolute atomic E-state index is 0.0276. The molecular formula is C33H28O11. The molecule has 2 heterocycles. The zero-order valence-corrected chi connectivity index (χ0v) is 23.4. The molecule has 226 valence electrons. The van der Waals surface area contributed by atoms with E-state index in [0.29, 0.717) is 22.3 Å². The zero-order chi connectivity index (χ0) is 31.0. The van der Waals surface area contributed by atoms with Gasteiger partial charge in [-0.1, -0.05) is 12.2 Å². The quantitative estimate of drug-likeness (QED) is 0.274. The number of methoxy groups -OCH3 is 1. The van der Waals surface area contributed by atoms with Gasteiger partial charge in [0.15, 0.2) is 34.6 Å². The van der Waals surface area contributed by atoms with E-state index in [-0.39, 0.29) is 60.4 Å². The maximum absolute atomic E-state index is 14.2. The van der Waals surface area contributed by atoms with E-state index in [9.17, 15) is 40.2 Å². The second-order valence-corrected chi connectivity index (χ2v) is 12.6. The van der Waals surface area contributed by atoms with Gasteiger partial charge < -0.3 is 44.8 Å². The maximum atomic E-state index is 14.2. The lowest BCUT2D eigenvalue weighted by molar-refractivity contribution is -0.183. The molecule has 2 fully saturated rings. The third-order valence-corrected chi connectivity index (χ3v) is 10.2. The van der Waals surface area contributed by atoms with Crippen LogP contribution in [0.25, 0.3) is 0 Å². The molecule has 0 unspecified atom stereocenters. The van der Waals surface area contributed by atoms with Crippen molar-refractivity contribution in [2.75, 3.05) is 20.3 Å². The van der Waals surface area contributed by atoms with Gasteiger partial charge in [0, 0.05) is 43.6 Å². The minimum Gasteiger partial charge on any atom is -0.504 e. The number of hydrogen-bond acceptors (Lipinski definition) is 11. The Labute approximate surface area is 250 Å². The number of benzene rings is 2. The molecule has 11 nitrogen and oxygen atoms in total. The van der Waals surface area contributed by atoms with E-state index in [1.807, 2.05) is 0 Å². The first-order valence-electron chi connectivity index (χ1n) is 14.1. The molecule has 0 aromatic heterocycles. The van der Waals surface area contributed by atoms with Crippen molar-refractivity contribution >= 4 is 11.6 Å². The van der Waals surface area contributed by atoms with Crippen LogP contribution in [0.15, 0.2) is 71.7 Å². The number of phenolic OH excluding ortho intramolecular Hbond substituents is 4. The number of allylic oxidation sites excluding steroid dienone is 4. The average Bonchev–Trinajstić information content (AvgIpc) is 2.96. The van der Waals surface area contributed by atoms with Crippen LogP contribution < -0.4 is 0 Å². The fourth-order valence-electron chi connectivity index (χ4n) is 8.63. The Balaban J connectivity index is 1.45. The van der Waals surface area contributed by atoms with Crippen LogP contribution in [0.5, 0.6) is 23.0 Å². The second-order valence-electron chi connectivity index (χ2n) is 12.6. The summed E-state index contributed by atoms with van der Waals surface area (Å²) in [5.74, 6) is -3.22. The number of ether oxygens (including phenoxy) is 3. The second kappa shape index (κ2) is 8.32. The molecule has 2 aromatic rings. The molecule has 2 aromatic carbocycles. The summed E-state index contributed by atoms with van der Waals surface area (Å²) < 4.78 is 18.0. The van der Waals surface area contributed by atoms with Crippen LogP contribution >= 0.6 is 0 Å². The number of rotatable bonds is 2. The average molecular weight is 601 g/mol. The number of aliphatic hydroxyl groups is 2. The van der Waals surface area contributed by atoms with Crippen molar-refractivity contribution in [1.82, 2.24) is 0 Å². The van der Waals surface area contributed by atoms with Crippen molar-refractivity contribution in [3.8, 4) is 23.0 Å². The van der Waals surface area contributed by atoms with Crippen molar-refractivity contribution in [2.24, 2.45) is 5.92 Å². The lowest BCUT2D eigenvalue weighted by Crippen LogP contribution is -2.68. The molecule has 4 bridgehead atoms. The van der Waals surface area contributed by atoms with E-state index >= 15 is 0 Å². The molecule has 4 aliphatic carbocycles. The molecule has 11 heteroatoms. The maximum Gasteiger partial charge on any atom is 0.185 e. The van der Waals surface area contributed by atoms with Gasteiger partial charge in [0.2, 0.25) is 0 Å². The number of carbonyl (C=O) groups is 2. The van der Waals surface area contributed by atoms with Crippen LogP contribution in [-0.2, 0) is 47.5 Å². The molecule has 6 N–H and O–H groups in total. The van der Waals surface area contributed by atoms with Crippen LogP contribution in [0.3, 0.4) is 0 Å². The van der Waals surface area contributed by atoms with Crippen molar-refractivity contribution in [3.63, 3.8) is 0 Å². The van der Waals surface area contributed by atoms with Gasteiger partial charge in [-0.15, -0.1) is 0 Å². The first kappa shape index (κ1) is 27.0. The summed E-state index contributed by atoms with van der Waals surface area (Å²) in [7, 11) is 1.42. The zero-order valence-electron chi connectivity index (χ0n) is 23.4. The Kier molecular flexibility index (Phi) is 5.11. The van der Waals surface area contributed by atoms with E-state index < -0.39 is 51.3 Å². The lowest BCUT2D eigenvalue weighted by atomic mass is 9.49. The summed E-state index contributed by atoms with van der Waals surface area (Å²) in [6.45, 7) is -0.489. The van der Waals surface area contributed by atoms with E-state index in [1.165, 1.54) is 49.6 Å². The molecule has 0 radical (unpaired) electrons. The van der Waals surface area contributed by atoms with Gasteiger partial charge in [0.05, 0.1) is 5.41 Å². The van der Waals surface area contributed by atoms with Gasteiger partial charge in [-0.3, -0.25) is 9.59 Å². The van der Waals surface area contributed by atoms with E-state index in [0.717, 1.165) is 0 Å². The first-order valence-corrected chi connectivity index (χ1v) is 14.1. The van der Waals surface area contributed by atoms with Gasteiger partial charge in [-0.2, -0.15) is 0 Å². The smallest absolute Gasteiger partial charge is 0.185 e. The van der Waals surface area contributed by atoms with Gasteiger partial charge in [-0.25, -0.2) is 0 Å². The Morgan fingerprint density at radius 1 is 0.773 bits per heavy atom.